The highest BCUT2D eigenvalue weighted by atomic mass is 35.5. The number of hydrazine groups is 1. The van der Waals surface area contributed by atoms with E-state index in [1.807, 2.05) is 0 Å². The predicted octanol–water partition coefficient (Wildman–Crippen LogP) is 0.260. The van der Waals surface area contributed by atoms with Crippen LogP contribution in [0.5, 0.6) is 0 Å². The van der Waals surface area contributed by atoms with E-state index < -0.39 is 10.0 Å². The number of hydrogen-bond acceptors (Lipinski definition) is 3. The minimum absolute atomic E-state index is 0. The Balaban J connectivity index is 0.00000121. The van der Waals surface area contributed by atoms with Gasteiger partial charge in [-0.15, -0.1) is 12.4 Å². The largest absolute Gasteiger partial charge is 0.257 e. The fourth-order valence-electron chi connectivity index (χ4n) is 0.668. The van der Waals surface area contributed by atoms with Crippen LogP contribution in [-0.2, 0) is 10.0 Å². The monoisotopic (exact) mass is 208 g/mol. The van der Waals surface area contributed by atoms with E-state index in [0.717, 1.165) is 0 Å². The Morgan fingerprint density at radius 3 is 2.08 bits per heavy atom. The van der Waals surface area contributed by atoms with Gasteiger partial charge in [0.15, 0.2) is 0 Å². The summed E-state index contributed by atoms with van der Waals surface area (Å²) in [7, 11) is -3.47. The average molecular weight is 209 g/mol. The zero-order chi connectivity index (χ0) is 8.32. The van der Waals surface area contributed by atoms with E-state index in [4.69, 9.17) is 5.84 Å². The molecule has 0 unspecified atom stereocenters. The molecule has 6 heteroatoms. The SMILES string of the molecule is Cl.NNS(=O)(=O)c1ccccc1. The predicted molar refractivity (Wildman–Crippen MR) is 48.2 cm³/mol. The molecule has 0 radical (unpaired) electrons. The van der Waals surface area contributed by atoms with Crippen LogP contribution in [0.3, 0.4) is 0 Å². The van der Waals surface area contributed by atoms with E-state index in [-0.39, 0.29) is 17.3 Å². The molecule has 1 aromatic carbocycles. The lowest BCUT2D eigenvalue weighted by Gasteiger charge is -1.99. The van der Waals surface area contributed by atoms with Gasteiger partial charge in [-0.3, -0.25) is 5.84 Å². The zero-order valence-corrected chi connectivity index (χ0v) is 7.73. The second-order valence-electron chi connectivity index (χ2n) is 1.93. The van der Waals surface area contributed by atoms with E-state index in [0.29, 0.717) is 0 Å². The van der Waals surface area contributed by atoms with Gasteiger partial charge in [0.2, 0.25) is 0 Å². The first kappa shape index (κ1) is 11.4. The molecule has 0 spiro atoms. The van der Waals surface area contributed by atoms with Crippen molar-refractivity contribution in [2.24, 2.45) is 5.84 Å². The standard InChI is InChI=1S/C6H8N2O2S.ClH/c7-8-11(9,10)6-4-2-1-3-5-6;/h1-5,8H,7H2;1H. The van der Waals surface area contributed by atoms with Crippen LogP contribution in [0, 0.1) is 0 Å². The molecule has 12 heavy (non-hydrogen) atoms. The van der Waals surface area contributed by atoms with Crippen molar-refractivity contribution in [1.82, 2.24) is 4.83 Å². The van der Waals surface area contributed by atoms with E-state index in [1.54, 1.807) is 23.0 Å². The average Bonchev–Trinajstić information content (AvgIpc) is 2.06. The van der Waals surface area contributed by atoms with Gasteiger partial charge in [0.1, 0.15) is 0 Å². The summed E-state index contributed by atoms with van der Waals surface area (Å²) < 4.78 is 21.9. The van der Waals surface area contributed by atoms with Crippen LogP contribution >= 0.6 is 12.4 Å². The summed E-state index contributed by atoms with van der Waals surface area (Å²) in [4.78, 5) is 1.90. The Morgan fingerprint density at radius 2 is 1.67 bits per heavy atom. The molecular formula is C6H9ClN2O2S. The quantitative estimate of drug-likeness (QED) is 0.541. The van der Waals surface area contributed by atoms with Crippen LogP contribution in [0.4, 0.5) is 0 Å². The summed E-state index contributed by atoms with van der Waals surface area (Å²) in [6, 6.07) is 7.92. The molecular weight excluding hydrogens is 200 g/mol. The molecule has 0 aromatic heterocycles. The molecule has 0 aliphatic carbocycles. The highest BCUT2D eigenvalue weighted by molar-refractivity contribution is 7.89. The van der Waals surface area contributed by atoms with Crippen molar-refractivity contribution in [1.29, 1.82) is 0 Å². The number of benzene rings is 1. The Hall–Kier alpha value is -0.620. The van der Waals surface area contributed by atoms with Gasteiger partial charge in [-0.25, -0.2) is 8.42 Å². The third-order valence-corrected chi connectivity index (χ3v) is 2.41. The maximum Gasteiger partial charge on any atom is 0.253 e. The van der Waals surface area contributed by atoms with Gasteiger partial charge in [-0.2, -0.15) is 4.83 Å². The maximum absolute atomic E-state index is 11.0. The summed E-state index contributed by atoms with van der Waals surface area (Å²) in [5.74, 6) is 4.80. The molecule has 0 heterocycles. The molecule has 0 aliphatic heterocycles. The first-order valence-electron chi connectivity index (χ1n) is 2.94. The van der Waals surface area contributed by atoms with Crippen molar-refractivity contribution < 1.29 is 8.42 Å². The third kappa shape index (κ3) is 2.46. The summed E-state index contributed by atoms with van der Waals surface area (Å²) >= 11 is 0. The molecule has 1 rings (SSSR count). The first-order chi connectivity index (χ1) is 5.17. The van der Waals surface area contributed by atoms with E-state index in [1.165, 1.54) is 12.1 Å². The summed E-state index contributed by atoms with van der Waals surface area (Å²) in [6.07, 6.45) is 0. The Morgan fingerprint density at radius 1 is 1.17 bits per heavy atom. The topological polar surface area (TPSA) is 72.2 Å². The molecule has 68 valence electrons. The number of nitrogens with one attached hydrogen (secondary N) is 1. The first-order valence-corrected chi connectivity index (χ1v) is 4.42. The number of halogens is 1. The molecule has 1 aromatic rings. The van der Waals surface area contributed by atoms with Crippen molar-refractivity contribution in [3.8, 4) is 0 Å². The molecule has 0 amide bonds. The summed E-state index contributed by atoms with van der Waals surface area (Å²) in [6.45, 7) is 0. The van der Waals surface area contributed by atoms with Crippen molar-refractivity contribution >= 4 is 22.4 Å². The van der Waals surface area contributed by atoms with Crippen LogP contribution in [0.15, 0.2) is 35.2 Å². The lowest BCUT2D eigenvalue weighted by Crippen LogP contribution is -2.30. The smallest absolute Gasteiger partial charge is 0.253 e. The lowest BCUT2D eigenvalue weighted by atomic mass is 10.4. The molecule has 3 N–H and O–H groups in total. The number of hydrogen-bond donors (Lipinski definition) is 2. The van der Waals surface area contributed by atoms with Crippen LogP contribution in [0.2, 0.25) is 0 Å². The van der Waals surface area contributed by atoms with Crippen LogP contribution in [0.1, 0.15) is 0 Å². The van der Waals surface area contributed by atoms with Gasteiger partial charge >= 0.3 is 0 Å². The second-order valence-corrected chi connectivity index (χ2v) is 3.65. The zero-order valence-electron chi connectivity index (χ0n) is 6.10. The Bertz CT molecular complexity index is 325. The molecule has 0 fully saturated rings. The van der Waals surface area contributed by atoms with Gasteiger partial charge < -0.3 is 0 Å². The highest BCUT2D eigenvalue weighted by Crippen LogP contribution is 2.04. The molecule has 0 atom stereocenters. The normalized spacial score (nSPS) is 10.4. The number of nitrogens with two attached hydrogens (primary N) is 1. The minimum atomic E-state index is -3.47. The van der Waals surface area contributed by atoms with Gasteiger partial charge in [0, 0.05) is 0 Å². The number of rotatable bonds is 2. The van der Waals surface area contributed by atoms with Gasteiger partial charge in [-0.1, -0.05) is 18.2 Å². The van der Waals surface area contributed by atoms with Gasteiger partial charge in [-0.05, 0) is 12.1 Å². The fourth-order valence-corrected chi connectivity index (χ4v) is 1.32. The molecule has 0 saturated carbocycles. The van der Waals surface area contributed by atoms with Crippen molar-refractivity contribution in [2.75, 3.05) is 0 Å². The van der Waals surface area contributed by atoms with Crippen LogP contribution in [0.25, 0.3) is 0 Å². The minimum Gasteiger partial charge on any atom is -0.257 e. The van der Waals surface area contributed by atoms with E-state index in [9.17, 15) is 8.42 Å². The third-order valence-electron chi connectivity index (χ3n) is 1.21. The van der Waals surface area contributed by atoms with Gasteiger partial charge in [0.05, 0.1) is 4.90 Å². The molecule has 0 saturated heterocycles. The molecule has 0 aliphatic rings. The maximum atomic E-state index is 11.0. The highest BCUT2D eigenvalue weighted by Gasteiger charge is 2.08. The van der Waals surface area contributed by atoms with Crippen LogP contribution < -0.4 is 10.7 Å². The fraction of sp³-hybridized carbons (Fsp3) is 0. The van der Waals surface area contributed by atoms with Gasteiger partial charge in [0.25, 0.3) is 10.0 Å². The van der Waals surface area contributed by atoms with Crippen molar-refractivity contribution in [3.63, 3.8) is 0 Å². The summed E-state index contributed by atoms with van der Waals surface area (Å²) in [5, 5.41) is 0. The van der Waals surface area contributed by atoms with Crippen LogP contribution in [-0.4, -0.2) is 8.42 Å². The second kappa shape index (κ2) is 4.42. The molecule has 0 bridgehead atoms. The van der Waals surface area contributed by atoms with E-state index in [2.05, 4.69) is 0 Å². The number of sulfonamides is 1. The molecule has 4 nitrogen and oxygen atoms in total. The lowest BCUT2D eigenvalue weighted by molar-refractivity contribution is 0.584. The Labute approximate surface area is 77.2 Å². The van der Waals surface area contributed by atoms with E-state index >= 15 is 0 Å². The van der Waals surface area contributed by atoms with Crippen molar-refractivity contribution in [2.45, 2.75) is 4.90 Å². The van der Waals surface area contributed by atoms with Crippen molar-refractivity contribution in [3.05, 3.63) is 30.3 Å². The summed E-state index contributed by atoms with van der Waals surface area (Å²) in [5.41, 5.74) is 0. The Kier molecular flexibility index (Phi) is 4.19.